The van der Waals surface area contributed by atoms with E-state index in [4.69, 9.17) is 0 Å². The number of fused-ring (bicyclic) bond motifs is 2. The van der Waals surface area contributed by atoms with Gasteiger partial charge in [0, 0.05) is 6.20 Å². The van der Waals surface area contributed by atoms with E-state index in [9.17, 15) is 0 Å². The Bertz CT molecular complexity index is 346. The van der Waals surface area contributed by atoms with Gasteiger partial charge in [-0.25, -0.2) is 0 Å². The molecule has 0 heterocycles. The third kappa shape index (κ3) is 1.83. The second-order valence-corrected chi connectivity index (χ2v) is 4.57. The average Bonchev–Trinajstić information content (AvgIpc) is 2.86. The minimum Gasteiger partial charge on any atom is -0.272 e. The van der Waals surface area contributed by atoms with Crippen molar-refractivity contribution < 1.29 is 0 Å². The highest BCUT2D eigenvalue weighted by atomic mass is 14.6. The van der Waals surface area contributed by atoms with Crippen LogP contribution in [0.1, 0.15) is 32.6 Å². The van der Waals surface area contributed by atoms with Crippen LogP contribution in [0.5, 0.6) is 0 Å². The van der Waals surface area contributed by atoms with Crippen molar-refractivity contribution >= 4 is 6.72 Å². The molecule has 0 N–H and O–H groups in total. The summed E-state index contributed by atoms with van der Waals surface area (Å²) < 4.78 is 0. The Kier molecular flexibility index (Phi) is 2.90. The van der Waals surface area contributed by atoms with Crippen LogP contribution < -0.4 is 0 Å². The lowest BCUT2D eigenvalue weighted by molar-refractivity contribution is 0.663. The zero-order valence-electron chi connectivity index (χ0n) is 9.50. The van der Waals surface area contributed by atoms with Gasteiger partial charge in [-0.3, -0.25) is 4.99 Å². The van der Waals surface area contributed by atoms with Gasteiger partial charge in [0.05, 0.1) is 0 Å². The smallest absolute Gasteiger partial charge is 0.0338 e. The molecule has 0 spiro atoms. The predicted molar refractivity (Wildman–Crippen MR) is 66.0 cm³/mol. The number of allylic oxidation sites excluding steroid dienone is 4. The summed E-state index contributed by atoms with van der Waals surface area (Å²) in [6.07, 6.45) is 9.39. The van der Waals surface area contributed by atoms with E-state index in [1.54, 1.807) is 0 Å². The highest BCUT2D eigenvalue weighted by Gasteiger charge is 2.34. The minimum atomic E-state index is 0.770. The second kappa shape index (κ2) is 4.18. The Morgan fingerprint density at radius 3 is 2.87 bits per heavy atom. The maximum absolute atomic E-state index is 4.12. The molecule has 0 radical (unpaired) electrons. The van der Waals surface area contributed by atoms with Gasteiger partial charge in [-0.05, 0) is 61.0 Å². The maximum atomic E-state index is 4.12. The first-order chi connectivity index (χ1) is 7.26. The van der Waals surface area contributed by atoms with Crippen LogP contribution in [0, 0.1) is 11.8 Å². The van der Waals surface area contributed by atoms with Crippen molar-refractivity contribution in [1.29, 1.82) is 0 Å². The van der Waals surface area contributed by atoms with E-state index in [1.807, 2.05) is 6.20 Å². The molecule has 1 heteroatoms. The fourth-order valence-electron chi connectivity index (χ4n) is 2.80. The number of nitrogens with zero attached hydrogens (tertiary/aromatic N) is 1. The predicted octanol–water partition coefficient (Wildman–Crippen LogP) is 3.89. The van der Waals surface area contributed by atoms with E-state index < -0.39 is 0 Å². The summed E-state index contributed by atoms with van der Waals surface area (Å²) in [5.41, 5.74) is 3.94. The van der Waals surface area contributed by atoms with Gasteiger partial charge in [-0.1, -0.05) is 19.6 Å². The number of aliphatic imine (C=N–C) groups is 1. The van der Waals surface area contributed by atoms with Crippen LogP contribution in [0.25, 0.3) is 0 Å². The van der Waals surface area contributed by atoms with Crippen LogP contribution in [0.15, 0.2) is 40.6 Å². The molecule has 80 valence electrons. The summed E-state index contributed by atoms with van der Waals surface area (Å²) in [5.74, 6) is 1.59. The molecule has 0 aromatic heterocycles. The van der Waals surface area contributed by atoms with Crippen molar-refractivity contribution in [2.45, 2.75) is 32.6 Å². The Balaban J connectivity index is 2.27. The first-order valence-electron chi connectivity index (χ1n) is 5.82. The highest BCUT2D eigenvalue weighted by Crippen LogP contribution is 2.47. The molecule has 0 saturated heterocycles. The zero-order valence-corrected chi connectivity index (χ0v) is 9.50. The van der Waals surface area contributed by atoms with Gasteiger partial charge in [0.15, 0.2) is 0 Å². The third-order valence-electron chi connectivity index (χ3n) is 3.67. The lowest BCUT2D eigenvalue weighted by atomic mass is 9.88. The molecule has 2 rings (SSSR count). The maximum Gasteiger partial charge on any atom is 0.0338 e. The van der Waals surface area contributed by atoms with Crippen LogP contribution >= 0.6 is 0 Å². The number of rotatable bonds is 4. The topological polar surface area (TPSA) is 12.4 Å². The molecule has 0 aromatic carbocycles. The number of hydrogen-bond acceptors (Lipinski definition) is 1. The van der Waals surface area contributed by atoms with Crippen LogP contribution in [-0.2, 0) is 0 Å². The summed E-state index contributed by atoms with van der Waals surface area (Å²) in [4.78, 5) is 3.92. The molecule has 0 amide bonds. The third-order valence-corrected chi connectivity index (χ3v) is 3.67. The molecule has 2 bridgehead atoms. The van der Waals surface area contributed by atoms with Gasteiger partial charge in [-0.15, -0.1) is 0 Å². The van der Waals surface area contributed by atoms with E-state index >= 15 is 0 Å². The summed E-state index contributed by atoms with van der Waals surface area (Å²) in [5, 5.41) is 0. The largest absolute Gasteiger partial charge is 0.272 e. The summed E-state index contributed by atoms with van der Waals surface area (Å²) in [6.45, 7) is 9.83. The Labute approximate surface area is 92.3 Å². The Morgan fingerprint density at radius 1 is 1.60 bits per heavy atom. The molecule has 0 aliphatic heterocycles. The number of hydrogen-bond donors (Lipinski definition) is 0. The summed E-state index contributed by atoms with van der Waals surface area (Å²) >= 11 is 0. The van der Waals surface area contributed by atoms with Crippen molar-refractivity contribution in [1.82, 2.24) is 0 Å². The van der Waals surface area contributed by atoms with Crippen LogP contribution in [0.2, 0.25) is 0 Å². The fourth-order valence-corrected chi connectivity index (χ4v) is 2.80. The Morgan fingerprint density at radius 2 is 2.40 bits per heavy atom. The molecule has 2 unspecified atom stereocenters. The highest BCUT2D eigenvalue weighted by molar-refractivity contribution is 5.50. The van der Waals surface area contributed by atoms with Crippen molar-refractivity contribution in [3.05, 3.63) is 35.6 Å². The molecule has 1 saturated carbocycles. The molecular weight excluding hydrogens is 182 g/mol. The average molecular weight is 201 g/mol. The summed E-state index contributed by atoms with van der Waals surface area (Å²) in [6, 6.07) is 0. The van der Waals surface area contributed by atoms with Gasteiger partial charge in [-0.2, -0.15) is 0 Å². The SMILES string of the molecule is C=N/C=C(/C(=C)CC)C1=CC2CCC1C2. The zero-order chi connectivity index (χ0) is 10.8. The van der Waals surface area contributed by atoms with Crippen LogP contribution in [0.3, 0.4) is 0 Å². The van der Waals surface area contributed by atoms with Gasteiger partial charge in [0.25, 0.3) is 0 Å². The van der Waals surface area contributed by atoms with Crippen molar-refractivity contribution in [2.24, 2.45) is 16.8 Å². The van der Waals surface area contributed by atoms with E-state index in [0.29, 0.717) is 0 Å². The van der Waals surface area contributed by atoms with Crippen LogP contribution in [-0.4, -0.2) is 6.72 Å². The standard InChI is InChI=1S/C14H19N/c1-4-10(2)14(9-15-3)13-8-11-5-6-12(13)7-11/h8-9,11-12H,2-7H2,1H3/b14-9-. The van der Waals surface area contributed by atoms with E-state index in [0.717, 1.165) is 18.3 Å². The quantitative estimate of drug-likeness (QED) is 0.483. The van der Waals surface area contributed by atoms with Gasteiger partial charge < -0.3 is 0 Å². The lowest BCUT2D eigenvalue weighted by Gasteiger charge is -2.17. The van der Waals surface area contributed by atoms with Crippen molar-refractivity contribution in [2.75, 3.05) is 0 Å². The minimum absolute atomic E-state index is 0.770. The lowest BCUT2D eigenvalue weighted by Crippen LogP contribution is -2.02. The monoisotopic (exact) mass is 201 g/mol. The molecule has 0 aromatic rings. The molecule has 1 nitrogen and oxygen atoms in total. The molecule has 2 aliphatic carbocycles. The van der Waals surface area contributed by atoms with Gasteiger partial charge >= 0.3 is 0 Å². The van der Waals surface area contributed by atoms with E-state index in [-0.39, 0.29) is 0 Å². The normalized spacial score (nSPS) is 29.1. The molecule has 15 heavy (non-hydrogen) atoms. The van der Waals surface area contributed by atoms with Gasteiger partial charge in [0.1, 0.15) is 0 Å². The molecule has 1 fully saturated rings. The van der Waals surface area contributed by atoms with Gasteiger partial charge in [0.2, 0.25) is 0 Å². The Hall–Kier alpha value is -1.11. The second-order valence-electron chi connectivity index (χ2n) is 4.57. The van der Waals surface area contributed by atoms with Crippen molar-refractivity contribution in [3.63, 3.8) is 0 Å². The van der Waals surface area contributed by atoms with E-state index in [1.165, 1.54) is 36.0 Å². The van der Waals surface area contributed by atoms with E-state index in [2.05, 4.69) is 31.3 Å². The molecule has 2 aliphatic rings. The summed E-state index contributed by atoms with van der Waals surface area (Å²) in [7, 11) is 0. The first-order valence-corrected chi connectivity index (χ1v) is 5.82. The first kappa shape index (κ1) is 10.4. The molecular formula is C14H19N. The van der Waals surface area contributed by atoms with Crippen LogP contribution in [0.4, 0.5) is 0 Å². The fraction of sp³-hybridized carbons (Fsp3) is 0.500. The van der Waals surface area contributed by atoms with Crippen molar-refractivity contribution in [3.8, 4) is 0 Å². The molecule has 2 atom stereocenters.